The molecule has 0 saturated heterocycles. The third-order valence-electron chi connectivity index (χ3n) is 3.02. The van der Waals surface area contributed by atoms with Crippen LogP contribution < -0.4 is 5.32 Å². The van der Waals surface area contributed by atoms with E-state index in [4.69, 9.17) is 5.11 Å². The summed E-state index contributed by atoms with van der Waals surface area (Å²) in [6.45, 7) is 1.85. The fourth-order valence-corrected chi connectivity index (χ4v) is 2.87. The zero-order valence-corrected chi connectivity index (χ0v) is 10.3. The van der Waals surface area contributed by atoms with Crippen molar-refractivity contribution in [1.82, 2.24) is 4.98 Å². The maximum absolute atomic E-state index is 11.9. The van der Waals surface area contributed by atoms with Crippen molar-refractivity contribution in [3.8, 4) is 0 Å². The third-order valence-corrected chi connectivity index (χ3v) is 3.89. The maximum atomic E-state index is 11.9. The van der Waals surface area contributed by atoms with E-state index in [9.17, 15) is 9.59 Å². The fourth-order valence-electron chi connectivity index (χ4n) is 2.18. The van der Waals surface area contributed by atoms with Gasteiger partial charge >= 0.3 is 5.97 Å². The smallest absolute Gasteiger partial charge is 0.307 e. The van der Waals surface area contributed by atoms with Gasteiger partial charge in [-0.05, 0) is 19.8 Å². The molecule has 6 heteroatoms. The summed E-state index contributed by atoms with van der Waals surface area (Å²) in [6, 6.07) is 0. The Labute approximate surface area is 103 Å². The Hall–Kier alpha value is -1.43. The first kappa shape index (κ1) is 12.0. The highest BCUT2D eigenvalue weighted by atomic mass is 32.1. The van der Waals surface area contributed by atoms with Crippen LogP contribution in [0.15, 0.2) is 5.38 Å². The van der Waals surface area contributed by atoms with Crippen LogP contribution in [0.4, 0.5) is 5.13 Å². The van der Waals surface area contributed by atoms with Gasteiger partial charge in [0.15, 0.2) is 5.13 Å². The Morgan fingerprint density at radius 3 is 2.76 bits per heavy atom. The average molecular weight is 254 g/mol. The number of anilines is 1. The number of carbonyl (C=O) groups is 2. The lowest BCUT2D eigenvalue weighted by Gasteiger charge is -2.14. The zero-order chi connectivity index (χ0) is 12.4. The molecule has 2 atom stereocenters. The van der Waals surface area contributed by atoms with Crippen LogP contribution in [0.3, 0.4) is 0 Å². The van der Waals surface area contributed by atoms with E-state index >= 15 is 0 Å². The molecule has 1 fully saturated rings. The monoisotopic (exact) mass is 254 g/mol. The molecule has 1 heterocycles. The molecule has 1 amide bonds. The Morgan fingerprint density at radius 2 is 2.18 bits per heavy atom. The van der Waals surface area contributed by atoms with Crippen LogP contribution in [-0.2, 0) is 9.59 Å². The zero-order valence-electron chi connectivity index (χ0n) is 9.47. The predicted molar refractivity (Wildman–Crippen MR) is 63.9 cm³/mol. The van der Waals surface area contributed by atoms with Crippen LogP contribution in [0.1, 0.15) is 25.0 Å². The molecule has 1 aromatic rings. The number of aliphatic carboxylic acids is 1. The molecule has 1 saturated carbocycles. The summed E-state index contributed by atoms with van der Waals surface area (Å²) >= 11 is 1.36. The van der Waals surface area contributed by atoms with Gasteiger partial charge in [0.25, 0.3) is 0 Å². The molecule has 0 spiro atoms. The molecule has 0 unspecified atom stereocenters. The molecule has 0 aromatic carbocycles. The number of carboxylic acid groups (broad SMARTS) is 1. The molecule has 5 nitrogen and oxygen atoms in total. The number of carboxylic acids is 1. The molecule has 17 heavy (non-hydrogen) atoms. The van der Waals surface area contributed by atoms with Crippen LogP contribution in [0.2, 0.25) is 0 Å². The van der Waals surface area contributed by atoms with E-state index in [1.165, 1.54) is 11.3 Å². The Morgan fingerprint density at radius 1 is 1.47 bits per heavy atom. The largest absolute Gasteiger partial charge is 0.481 e. The number of nitrogens with one attached hydrogen (secondary N) is 1. The molecule has 0 radical (unpaired) electrons. The van der Waals surface area contributed by atoms with Gasteiger partial charge in [-0.15, -0.1) is 11.3 Å². The second kappa shape index (κ2) is 4.83. The first-order chi connectivity index (χ1) is 8.08. The highest BCUT2D eigenvalue weighted by Crippen LogP contribution is 2.33. The normalized spacial score (nSPS) is 23.6. The fraction of sp³-hybridized carbons (Fsp3) is 0.545. The van der Waals surface area contributed by atoms with Crippen molar-refractivity contribution < 1.29 is 14.7 Å². The Balaban J connectivity index is 2.02. The SMILES string of the molecule is Cc1csc(NC(=O)[C@@H]2CCC[C@@H]2C(=O)O)n1. The molecule has 1 aliphatic rings. The first-order valence-corrected chi connectivity index (χ1v) is 6.41. The van der Waals surface area contributed by atoms with Gasteiger partial charge < -0.3 is 10.4 Å². The van der Waals surface area contributed by atoms with Crippen LogP contribution in [0, 0.1) is 18.8 Å². The van der Waals surface area contributed by atoms with Gasteiger partial charge in [-0.3, -0.25) is 9.59 Å². The van der Waals surface area contributed by atoms with Crippen molar-refractivity contribution in [2.75, 3.05) is 5.32 Å². The number of nitrogens with zero attached hydrogens (tertiary/aromatic N) is 1. The van der Waals surface area contributed by atoms with E-state index in [0.717, 1.165) is 12.1 Å². The van der Waals surface area contributed by atoms with Gasteiger partial charge in [-0.25, -0.2) is 4.98 Å². The van der Waals surface area contributed by atoms with Crippen molar-refractivity contribution in [1.29, 1.82) is 0 Å². The second-order valence-electron chi connectivity index (χ2n) is 4.27. The summed E-state index contributed by atoms with van der Waals surface area (Å²) in [5.74, 6) is -2.06. The van der Waals surface area contributed by atoms with E-state index < -0.39 is 17.8 Å². The molecule has 1 aromatic heterocycles. The molecule has 0 aliphatic heterocycles. The van der Waals surface area contributed by atoms with E-state index in [0.29, 0.717) is 18.0 Å². The van der Waals surface area contributed by atoms with Crippen molar-refractivity contribution >= 4 is 28.3 Å². The van der Waals surface area contributed by atoms with Gasteiger partial charge in [-0.2, -0.15) is 0 Å². The summed E-state index contributed by atoms with van der Waals surface area (Å²) in [7, 11) is 0. The van der Waals surface area contributed by atoms with Crippen molar-refractivity contribution in [2.45, 2.75) is 26.2 Å². The van der Waals surface area contributed by atoms with Gasteiger partial charge in [-0.1, -0.05) is 6.42 Å². The van der Waals surface area contributed by atoms with Crippen LogP contribution >= 0.6 is 11.3 Å². The molecule has 0 bridgehead atoms. The Kier molecular flexibility index (Phi) is 3.42. The topological polar surface area (TPSA) is 79.3 Å². The Bertz CT molecular complexity index is 444. The maximum Gasteiger partial charge on any atom is 0.307 e. The molecular weight excluding hydrogens is 240 g/mol. The van der Waals surface area contributed by atoms with E-state index in [1.807, 2.05) is 12.3 Å². The quantitative estimate of drug-likeness (QED) is 0.863. The average Bonchev–Trinajstić information content (AvgIpc) is 2.86. The highest BCUT2D eigenvalue weighted by molar-refractivity contribution is 7.13. The number of amides is 1. The summed E-state index contributed by atoms with van der Waals surface area (Å²) in [4.78, 5) is 27.0. The van der Waals surface area contributed by atoms with E-state index in [2.05, 4.69) is 10.3 Å². The number of rotatable bonds is 3. The number of aryl methyl sites for hydroxylation is 1. The lowest BCUT2D eigenvalue weighted by atomic mass is 9.95. The van der Waals surface area contributed by atoms with Crippen LogP contribution in [0.5, 0.6) is 0 Å². The third kappa shape index (κ3) is 2.63. The molecule has 2 rings (SSSR count). The number of hydrogen-bond acceptors (Lipinski definition) is 4. The number of thiazole rings is 1. The summed E-state index contributed by atoms with van der Waals surface area (Å²) in [5.41, 5.74) is 0.853. The van der Waals surface area contributed by atoms with Gasteiger partial charge in [0, 0.05) is 5.38 Å². The number of aromatic nitrogens is 1. The van der Waals surface area contributed by atoms with Gasteiger partial charge in [0.1, 0.15) is 0 Å². The summed E-state index contributed by atoms with van der Waals surface area (Å²) < 4.78 is 0. The lowest BCUT2D eigenvalue weighted by molar-refractivity contribution is -0.145. The van der Waals surface area contributed by atoms with E-state index in [1.54, 1.807) is 0 Å². The molecule has 2 N–H and O–H groups in total. The van der Waals surface area contributed by atoms with Gasteiger partial charge in [0.2, 0.25) is 5.91 Å². The van der Waals surface area contributed by atoms with E-state index in [-0.39, 0.29) is 5.91 Å². The second-order valence-corrected chi connectivity index (χ2v) is 5.12. The molecular formula is C11H14N2O3S. The van der Waals surface area contributed by atoms with Gasteiger partial charge in [0.05, 0.1) is 17.5 Å². The van der Waals surface area contributed by atoms with Crippen LogP contribution in [0.25, 0.3) is 0 Å². The summed E-state index contributed by atoms with van der Waals surface area (Å²) in [6.07, 6.45) is 2.03. The number of hydrogen-bond donors (Lipinski definition) is 2. The van der Waals surface area contributed by atoms with Crippen LogP contribution in [-0.4, -0.2) is 22.0 Å². The highest BCUT2D eigenvalue weighted by Gasteiger charge is 2.37. The first-order valence-electron chi connectivity index (χ1n) is 5.53. The minimum absolute atomic E-state index is 0.218. The molecule has 1 aliphatic carbocycles. The predicted octanol–water partition coefficient (Wildman–Crippen LogP) is 1.89. The number of carbonyl (C=O) groups excluding carboxylic acids is 1. The van der Waals surface area contributed by atoms with Crippen molar-refractivity contribution in [2.24, 2.45) is 11.8 Å². The lowest BCUT2D eigenvalue weighted by Crippen LogP contribution is -2.29. The van der Waals surface area contributed by atoms with Crippen molar-refractivity contribution in [3.63, 3.8) is 0 Å². The summed E-state index contributed by atoms with van der Waals surface area (Å²) in [5, 5.41) is 14.1. The minimum atomic E-state index is -0.877. The minimum Gasteiger partial charge on any atom is -0.481 e. The molecule has 92 valence electrons. The van der Waals surface area contributed by atoms with Crippen molar-refractivity contribution in [3.05, 3.63) is 11.1 Å². The standard InChI is InChI=1S/C11H14N2O3S/c1-6-5-17-11(12-6)13-9(14)7-3-2-4-8(7)10(15)16/h5,7-8H,2-4H2,1H3,(H,15,16)(H,12,13,14)/t7-,8+/m1/s1.